The van der Waals surface area contributed by atoms with E-state index in [1.165, 1.54) is 17.7 Å². The van der Waals surface area contributed by atoms with Crippen molar-refractivity contribution in [3.05, 3.63) is 83.1 Å². The van der Waals surface area contributed by atoms with Crippen LogP contribution in [0.5, 0.6) is 0 Å². The van der Waals surface area contributed by atoms with E-state index in [-0.39, 0.29) is 11.5 Å². The highest BCUT2D eigenvalue weighted by molar-refractivity contribution is 6.02. The molecule has 0 aromatic heterocycles. The number of hydrazone groups is 1. The molecule has 1 atom stereocenters. The van der Waals surface area contributed by atoms with Crippen molar-refractivity contribution in [2.24, 2.45) is 11.0 Å². The van der Waals surface area contributed by atoms with Crippen LogP contribution in [0, 0.1) is 24.5 Å². The minimum atomic E-state index is -0.464. The van der Waals surface area contributed by atoms with Gasteiger partial charge in [-0.1, -0.05) is 57.5 Å². The van der Waals surface area contributed by atoms with Crippen molar-refractivity contribution >= 4 is 5.71 Å². The maximum absolute atomic E-state index is 14.6. The second-order valence-electron chi connectivity index (χ2n) is 7.65. The molecule has 28 heavy (non-hydrogen) atoms. The predicted octanol–water partition coefficient (Wildman–Crippen LogP) is 6.55. The molecule has 0 bridgehead atoms. The van der Waals surface area contributed by atoms with Gasteiger partial charge in [-0.05, 0) is 49.1 Å². The summed E-state index contributed by atoms with van der Waals surface area (Å²) in [4.78, 5) is 0. The molecule has 0 radical (unpaired) electrons. The average molecular weight is 382 g/mol. The van der Waals surface area contributed by atoms with Gasteiger partial charge in [0.15, 0.2) is 0 Å². The molecule has 0 spiro atoms. The van der Waals surface area contributed by atoms with Gasteiger partial charge in [-0.15, -0.1) is 0 Å². The molecular weight excluding hydrogens is 354 g/mol. The highest BCUT2D eigenvalue weighted by Crippen LogP contribution is 2.50. The van der Waals surface area contributed by atoms with Crippen molar-refractivity contribution < 1.29 is 8.78 Å². The van der Waals surface area contributed by atoms with E-state index >= 15 is 0 Å². The quantitative estimate of drug-likeness (QED) is 0.553. The SMILES string of the molecule is C=C(C)N1N=C(c2cc(F)ccc2F)CC1(c1ccccc1C)C(CC)CC. The van der Waals surface area contributed by atoms with E-state index in [2.05, 4.69) is 39.5 Å². The first kappa shape index (κ1) is 20.2. The Balaban J connectivity index is 2.24. The molecule has 1 heterocycles. The minimum Gasteiger partial charge on any atom is -0.259 e. The topological polar surface area (TPSA) is 15.6 Å². The molecule has 3 rings (SSSR count). The van der Waals surface area contributed by atoms with Crippen LogP contribution in [0.25, 0.3) is 0 Å². The Hall–Kier alpha value is -2.49. The molecule has 1 unspecified atom stereocenters. The Morgan fingerprint density at radius 1 is 1.18 bits per heavy atom. The lowest BCUT2D eigenvalue weighted by molar-refractivity contribution is 0.0792. The van der Waals surface area contributed by atoms with Gasteiger partial charge in [-0.25, -0.2) is 8.78 Å². The number of nitrogens with zero attached hydrogens (tertiary/aromatic N) is 2. The van der Waals surface area contributed by atoms with Gasteiger partial charge in [0.05, 0.1) is 11.3 Å². The molecule has 0 amide bonds. The molecule has 0 fully saturated rings. The summed E-state index contributed by atoms with van der Waals surface area (Å²) in [7, 11) is 0. The number of rotatable bonds is 6. The first-order valence-electron chi connectivity index (χ1n) is 9.89. The van der Waals surface area contributed by atoms with E-state index in [4.69, 9.17) is 5.10 Å². The van der Waals surface area contributed by atoms with Gasteiger partial charge < -0.3 is 0 Å². The van der Waals surface area contributed by atoms with E-state index in [1.807, 2.05) is 24.1 Å². The lowest BCUT2D eigenvalue weighted by Crippen LogP contribution is -2.45. The van der Waals surface area contributed by atoms with Crippen LogP contribution in [-0.2, 0) is 5.54 Å². The molecule has 2 nitrogen and oxygen atoms in total. The predicted molar refractivity (Wildman–Crippen MR) is 111 cm³/mol. The number of hydrogen-bond acceptors (Lipinski definition) is 2. The lowest BCUT2D eigenvalue weighted by Gasteiger charge is -2.45. The van der Waals surface area contributed by atoms with E-state index in [0.29, 0.717) is 12.1 Å². The molecule has 1 aliphatic rings. The summed E-state index contributed by atoms with van der Waals surface area (Å²) >= 11 is 0. The molecular formula is C24H28F2N2. The van der Waals surface area contributed by atoms with E-state index < -0.39 is 17.2 Å². The Morgan fingerprint density at radius 3 is 2.46 bits per heavy atom. The Kier molecular flexibility index (Phi) is 5.69. The van der Waals surface area contributed by atoms with Gasteiger partial charge in [0.2, 0.25) is 0 Å². The molecule has 148 valence electrons. The molecule has 0 N–H and O–H groups in total. The van der Waals surface area contributed by atoms with Crippen LogP contribution in [0.4, 0.5) is 8.78 Å². The maximum Gasteiger partial charge on any atom is 0.132 e. The van der Waals surface area contributed by atoms with Crippen LogP contribution in [0.1, 0.15) is 56.7 Å². The lowest BCUT2D eigenvalue weighted by atomic mass is 9.70. The second-order valence-corrected chi connectivity index (χ2v) is 7.65. The van der Waals surface area contributed by atoms with Gasteiger partial charge in [0, 0.05) is 17.7 Å². The van der Waals surface area contributed by atoms with Crippen LogP contribution in [-0.4, -0.2) is 10.7 Å². The zero-order valence-electron chi connectivity index (χ0n) is 17.1. The van der Waals surface area contributed by atoms with E-state index in [9.17, 15) is 8.78 Å². The summed E-state index contributed by atoms with van der Waals surface area (Å²) in [5.74, 6) is -0.632. The largest absolute Gasteiger partial charge is 0.259 e. The van der Waals surface area contributed by atoms with E-state index in [0.717, 1.165) is 30.2 Å². The Labute approximate surface area is 166 Å². The molecule has 0 saturated carbocycles. The monoisotopic (exact) mass is 382 g/mol. The van der Waals surface area contributed by atoms with Gasteiger partial charge in [0.1, 0.15) is 11.6 Å². The first-order valence-corrected chi connectivity index (χ1v) is 9.89. The molecule has 1 aliphatic heterocycles. The van der Waals surface area contributed by atoms with Gasteiger partial charge in [-0.2, -0.15) is 5.10 Å². The summed E-state index contributed by atoms with van der Waals surface area (Å²) in [5.41, 5.74) is 3.46. The third-order valence-corrected chi connectivity index (χ3v) is 5.91. The molecule has 0 aliphatic carbocycles. The fourth-order valence-electron chi connectivity index (χ4n) is 4.64. The van der Waals surface area contributed by atoms with Crippen molar-refractivity contribution in [1.29, 1.82) is 0 Å². The highest BCUT2D eigenvalue weighted by atomic mass is 19.1. The third kappa shape index (κ3) is 3.25. The number of hydrogen-bond donors (Lipinski definition) is 0. The van der Waals surface area contributed by atoms with Crippen molar-refractivity contribution in [2.75, 3.05) is 0 Å². The summed E-state index contributed by atoms with van der Waals surface area (Å²) in [6.45, 7) is 12.5. The summed E-state index contributed by atoms with van der Waals surface area (Å²) in [6, 6.07) is 11.8. The number of allylic oxidation sites excluding steroid dienone is 1. The zero-order valence-corrected chi connectivity index (χ0v) is 17.1. The summed E-state index contributed by atoms with van der Waals surface area (Å²) < 4.78 is 28.4. The average Bonchev–Trinajstić information content (AvgIpc) is 3.06. The van der Waals surface area contributed by atoms with Crippen LogP contribution >= 0.6 is 0 Å². The number of aryl methyl sites for hydroxylation is 1. The van der Waals surface area contributed by atoms with Crippen LogP contribution in [0.15, 0.2) is 59.8 Å². The van der Waals surface area contributed by atoms with Crippen LogP contribution in [0.2, 0.25) is 0 Å². The Morgan fingerprint density at radius 2 is 1.86 bits per heavy atom. The van der Waals surface area contributed by atoms with Gasteiger partial charge >= 0.3 is 0 Å². The van der Waals surface area contributed by atoms with Crippen LogP contribution < -0.4 is 0 Å². The van der Waals surface area contributed by atoms with Gasteiger partial charge in [0.25, 0.3) is 0 Å². The smallest absolute Gasteiger partial charge is 0.132 e. The minimum absolute atomic E-state index is 0.229. The van der Waals surface area contributed by atoms with Crippen molar-refractivity contribution in [2.45, 2.75) is 52.5 Å². The molecule has 2 aromatic rings. The highest BCUT2D eigenvalue weighted by Gasteiger charge is 2.50. The summed E-state index contributed by atoms with van der Waals surface area (Å²) in [5, 5.41) is 6.74. The Bertz CT molecular complexity index is 915. The number of halogens is 2. The molecule has 2 aromatic carbocycles. The standard InChI is InChI=1S/C24H28F2N2/c1-6-18(7-2)24(21-11-9-8-10-17(21)5)15-23(27-28(24)16(3)4)20-14-19(25)12-13-22(20)26/h8-14,18H,3,6-7,15H2,1-2,4-5H3. The zero-order chi connectivity index (χ0) is 20.5. The van der Waals surface area contributed by atoms with Crippen molar-refractivity contribution in [3.63, 3.8) is 0 Å². The third-order valence-electron chi connectivity index (χ3n) is 5.91. The fourth-order valence-corrected chi connectivity index (χ4v) is 4.64. The number of benzene rings is 2. The van der Waals surface area contributed by atoms with Crippen molar-refractivity contribution in [1.82, 2.24) is 5.01 Å². The first-order chi connectivity index (χ1) is 13.3. The molecule has 0 saturated heterocycles. The van der Waals surface area contributed by atoms with Crippen molar-refractivity contribution in [3.8, 4) is 0 Å². The summed E-state index contributed by atoms with van der Waals surface area (Å²) in [6.07, 6.45) is 2.41. The maximum atomic E-state index is 14.6. The second kappa shape index (κ2) is 7.86. The van der Waals surface area contributed by atoms with Crippen LogP contribution in [0.3, 0.4) is 0 Å². The van der Waals surface area contributed by atoms with Gasteiger partial charge in [-0.3, -0.25) is 5.01 Å². The normalized spacial score (nSPS) is 19.2. The van der Waals surface area contributed by atoms with E-state index in [1.54, 1.807) is 0 Å². The fraction of sp³-hybridized carbons (Fsp3) is 0.375. The molecule has 4 heteroatoms.